The molecule has 1 heterocycles. The molecule has 0 radical (unpaired) electrons. The van der Waals surface area contributed by atoms with Crippen LogP contribution in [0, 0.1) is 0 Å². The van der Waals surface area contributed by atoms with Gasteiger partial charge in [0.1, 0.15) is 5.75 Å². The summed E-state index contributed by atoms with van der Waals surface area (Å²) in [6.07, 6.45) is 1.58. The highest BCUT2D eigenvalue weighted by Gasteiger charge is 1.98. The van der Waals surface area contributed by atoms with Crippen LogP contribution in [0.2, 0.25) is 0 Å². The van der Waals surface area contributed by atoms with Crippen molar-refractivity contribution in [2.24, 2.45) is 0 Å². The zero-order valence-corrected chi connectivity index (χ0v) is 8.32. The fourth-order valence-corrected chi connectivity index (χ4v) is 1.35. The quantitative estimate of drug-likeness (QED) is 0.794. The highest BCUT2D eigenvalue weighted by molar-refractivity contribution is 9.10. The predicted molar refractivity (Wildman–Crippen MR) is 52.9 cm³/mol. The summed E-state index contributed by atoms with van der Waals surface area (Å²) >= 11 is 3.36. The average molecular weight is 239 g/mol. The molecule has 3 heteroatoms. The van der Waals surface area contributed by atoms with E-state index < -0.39 is 0 Å². The number of furan rings is 1. The normalized spacial score (nSPS) is 9.92. The summed E-state index contributed by atoms with van der Waals surface area (Å²) in [6, 6.07) is 11.1. The first-order valence-electron chi connectivity index (χ1n) is 3.81. The molecule has 0 aliphatic carbocycles. The van der Waals surface area contributed by atoms with E-state index in [0.717, 1.165) is 10.2 Å². The zero-order valence-electron chi connectivity index (χ0n) is 6.74. The van der Waals surface area contributed by atoms with Gasteiger partial charge in [-0.1, -0.05) is 22.0 Å². The van der Waals surface area contributed by atoms with Gasteiger partial charge in [0.25, 0.3) is 5.95 Å². The Morgan fingerprint density at radius 3 is 2.77 bits per heavy atom. The molecule has 0 unspecified atom stereocenters. The van der Waals surface area contributed by atoms with Crippen molar-refractivity contribution in [2.45, 2.75) is 0 Å². The van der Waals surface area contributed by atoms with Crippen LogP contribution in [0.5, 0.6) is 11.7 Å². The van der Waals surface area contributed by atoms with Crippen LogP contribution < -0.4 is 4.74 Å². The Hall–Kier alpha value is -1.22. The van der Waals surface area contributed by atoms with Gasteiger partial charge in [-0.25, -0.2) is 0 Å². The lowest BCUT2D eigenvalue weighted by atomic mass is 10.3. The first-order chi connectivity index (χ1) is 6.34. The summed E-state index contributed by atoms with van der Waals surface area (Å²) in [5.74, 6) is 1.25. The van der Waals surface area contributed by atoms with Crippen LogP contribution in [0.4, 0.5) is 0 Å². The van der Waals surface area contributed by atoms with Gasteiger partial charge in [0, 0.05) is 10.5 Å². The molecule has 0 spiro atoms. The maximum absolute atomic E-state index is 5.40. The van der Waals surface area contributed by atoms with Crippen LogP contribution in [0.3, 0.4) is 0 Å². The van der Waals surface area contributed by atoms with Crippen molar-refractivity contribution in [1.82, 2.24) is 0 Å². The number of ether oxygens (including phenoxy) is 1. The molecule has 0 saturated carbocycles. The van der Waals surface area contributed by atoms with Gasteiger partial charge in [0.2, 0.25) is 0 Å². The molecule has 2 nitrogen and oxygen atoms in total. The van der Waals surface area contributed by atoms with Crippen molar-refractivity contribution in [2.75, 3.05) is 0 Å². The molecule has 1 aromatic heterocycles. The Labute approximate surface area is 84.3 Å². The van der Waals surface area contributed by atoms with Gasteiger partial charge < -0.3 is 9.15 Å². The minimum absolute atomic E-state index is 0.498. The lowest BCUT2D eigenvalue weighted by Gasteiger charge is -2.00. The fraction of sp³-hybridized carbons (Fsp3) is 0. The minimum atomic E-state index is 0.498. The number of benzene rings is 1. The van der Waals surface area contributed by atoms with Gasteiger partial charge in [0.15, 0.2) is 0 Å². The number of halogens is 1. The molecule has 0 atom stereocenters. The van der Waals surface area contributed by atoms with Crippen LogP contribution >= 0.6 is 15.9 Å². The van der Waals surface area contributed by atoms with Gasteiger partial charge in [-0.2, -0.15) is 0 Å². The van der Waals surface area contributed by atoms with Gasteiger partial charge in [-0.15, -0.1) is 0 Å². The standard InChI is InChI=1S/C10H7BrO2/c11-8-3-1-4-9(7-8)13-10-5-2-6-12-10/h1-7H. The van der Waals surface area contributed by atoms with E-state index in [9.17, 15) is 0 Å². The lowest BCUT2D eigenvalue weighted by Crippen LogP contribution is -1.80. The highest BCUT2D eigenvalue weighted by atomic mass is 79.9. The van der Waals surface area contributed by atoms with Crippen LogP contribution in [-0.2, 0) is 0 Å². The van der Waals surface area contributed by atoms with Crippen molar-refractivity contribution >= 4 is 15.9 Å². The summed E-state index contributed by atoms with van der Waals surface area (Å²) in [4.78, 5) is 0. The summed E-state index contributed by atoms with van der Waals surface area (Å²) in [7, 11) is 0. The second-order valence-corrected chi connectivity index (χ2v) is 3.41. The molecule has 13 heavy (non-hydrogen) atoms. The summed E-state index contributed by atoms with van der Waals surface area (Å²) in [6.45, 7) is 0. The monoisotopic (exact) mass is 238 g/mol. The molecule has 2 aromatic rings. The molecule has 0 fully saturated rings. The molecular formula is C10H7BrO2. The van der Waals surface area contributed by atoms with E-state index in [2.05, 4.69) is 15.9 Å². The highest BCUT2D eigenvalue weighted by Crippen LogP contribution is 2.24. The van der Waals surface area contributed by atoms with Gasteiger partial charge in [0.05, 0.1) is 6.26 Å². The van der Waals surface area contributed by atoms with E-state index in [1.807, 2.05) is 24.3 Å². The van der Waals surface area contributed by atoms with Crippen molar-refractivity contribution < 1.29 is 9.15 Å². The van der Waals surface area contributed by atoms with Crippen molar-refractivity contribution in [3.8, 4) is 11.7 Å². The van der Waals surface area contributed by atoms with Crippen LogP contribution in [0.25, 0.3) is 0 Å². The van der Waals surface area contributed by atoms with E-state index in [-0.39, 0.29) is 0 Å². The number of rotatable bonds is 2. The third-order valence-corrected chi connectivity index (χ3v) is 2.00. The third kappa shape index (κ3) is 2.12. The van der Waals surface area contributed by atoms with E-state index in [1.54, 1.807) is 18.4 Å². The smallest absolute Gasteiger partial charge is 0.289 e. The van der Waals surface area contributed by atoms with E-state index in [4.69, 9.17) is 9.15 Å². The number of hydrogen-bond acceptors (Lipinski definition) is 2. The number of hydrogen-bond donors (Lipinski definition) is 0. The summed E-state index contributed by atoms with van der Waals surface area (Å²) < 4.78 is 11.4. The summed E-state index contributed by atoms with van der Waals surface area (Å²) in [5, 5.41) is 0. The van der Waals surface area contributed by atoms with Crippen molar-refractivity contribution in [3.63, 3.8) is 0 Å². The van der Waals surface area contributed by atoms with Crippen LogP contribution in [-0.4, -0.2) is 0 Å². The molecule has 0 N–H and O–H groups in total. The second kappa shape index (κ2) is 3.66. The molecule has 1 aromatic carbocycles. The molecule has 2 rings (SSSR count). The maximum atomic E-state index is 5.40. The first kappa shape index (κ1) is 8.38. The Morgan fingerprint density at radius 1 is 1.15 bits per heavy atom. The largest absolute Gasteiger partial charge is 0.434 e. The van der Waals surface area contributed by atoms with E-state index in [0.29, 0.717) is 5.95 Å². The molecular weight excluding hydrogens is 232 g/mol. The van der Waals surface area contributed by atoms with Gasteiger partial charge >= 0.3 is 0 Å². The molecule has 0 saturated heterocycles. The average Bonchev–Trinajstić information content (AvgIpc) is 2.57. The Kier molecular flexibility index (Phi) is 2.36. The molecule has 0 aliphatic rings. The second-order valence-electron chi connectivity index (χ2n) is 2.49. The molecule has 0 bridgehead atoms. The Morgan fingerprint density at radius 2 is 2.08 bits per heavy atom. The van der Waals surface area contributed by atoms with Gasteiger partial charge in [-0.05, 0) is 24.3 Å². The Bertz CT molecular complexity index is 382. The van der Waals surface area contributed by atoms with Gasteiger partial charge in [-0.3, -0.25) is 0 Å². The predicted octanol–water partition coefficient (Wildman–Crippen LogP) is 3.83. The lowest BCUT2D eigenvalue weighted by molar-refractivity contribution is 0.346. The van der Waals surface area contributed by atoms with Crippen molar-refractivity contribution in [3.05, 3.63) is 47.1 Å². The summed E-state index contributed by atoms with van der Waals surface area (Å²) in [5.41, 5.74) is 0. The molecule has 0 amide bonds. The molecule has 66 valence electrons. The Balaban J connectivity index is 2.19. The SMILES string of the molecule is Brc1cccc(Oc2ccco2)c1. The van der Waals surface area contributed by atoms with Crippen LogP contribution in [0.1, 0.15) is 0 Å². The van der Waals surface area contributed by atoms with Crippen LogP contribution in [0.15, 0.2) is 51.6 Å². The maximum Gasteiger partial charge on any atom is 0.289 e. The zero-order chi connectivity index (χ0) is 9.10. The third-order valence-electron chi connectivity index (χ3n) is 1.51. The minimum Gasteiger partial charge on any atom is -0.434 e. The van der Waals surface area contributed by atoms with E-state index >= 15 is 0 Å². The first-order valence-corrected chi connectivity index (χ1v) is 4.61. The molecule has 0 aliphatic heterocycles. The van der Waals surface area contributed by atoms with E-state index in [1.165, 1.54) is 0 Å². The topological polar surface area (TPSA) is 22.4 Å². The fourth-order valence-electron chi connectivity index (χ4n) is 0.968. The van der Waals surface area contributed by atoms with Crippen molar-refractivity contribution in [1.29, 1.82) is 0 Å².